The van der Waals surface area contributed by atoms with E-state index in [0.717, 1.165) is 17.3 Å². The van der Waals surface area contributed by atoms with Crippen LogP contribution in [0, 0.1) is 0 Å². The molecule has 1 aromatic heterocycles. The molecule has 2 rings (SSSR count). The van der Waals surface area contributed by atoms with Gasteiger partial charge < -0.3 is 9.47 Å². The molecular formula is C11H15BrN2O2. The van der Waals surface area contributed by atoms with Gasteiger partial charge in [-0.25, -0.2) is 4.98 Å². The predicted molar refractivity (Wildman–Crippen MR) is 63.8 cm³/mol. The van der Waals surface area contributed by atoms with Crippen LogP contribution in [-0.4, -0.2) is 23.2 Å². The van der Waals surface area contributed by atoms with Gasteiger partial charge in [0.15, 0.2) is 0 Å². The van der Waals surface area contributed by atoms with E-state index >= 15 is 0 Å². The van der Waals surface area contributed by atoms with Crippen LogP contribution >= 0.6 is 15.9 Å². The SMILES string of the molecule is COc1nc(OC2CCCCC2)ncc1Br. The second-order valence-electron chi connectivity index (χ2n) is 3.89. The van der Waals surface area contributed by atoms with Crippen molar-refractivity contribution >= 4 is 15.9 Å². The number of hydrogen-bond donors (Lipinski definition) is 0. The average molecular weight is 287 g/mol. The van der Waals surface area contributed by atoms with Gasteiger partial charge in [-0.2, -0.15) is 4.98 Å². The van der Waals surface area contributed by atoms with Crippen molar-refractivity contribution < 1.29 is 9.47 Å². The van der Waals surface area contributed by atoms with Gasteiger partial charge in [0.05, 0.1) is 17.8 Å². The van der Waals surface area contributed by atoms with Gasteiger partial charge in [0, 0.05) is 0 Å². The van der Waals surface area contributed by atoms with Crippen LogP contribution in [0.25, 0.3) is 0 Å². The summed E-state index contributed by atoms with van der Waals surface area (Å²) in [5, 5.41) is 0. The van der Waals surface area contributed by atoms with Gasteiger partial charge in [0.1, 0.15) is 6.10 Å². The molecule has 0 unspecified atom stereocenters. The molecule has 0 bridgehead atoms. The minimum Gasteiger partial charge on any atom is -0.480 e. The van der Waals surface area contributed by atoms with Gasteiger partial charge in [-0.05, 0) is 41.6 Å². The highest BCUT2D eigenvalue weighted by Gasteiger charge is 2.16. The second-order valence-corrected chi connectivity index (χ2v) is 4.74. The first-order valence-electron chi connectivity index (χ1n) is 5.53. The van der Waals surface area contributed by atoms with Gasteiger partial charge in [0.2, 0.25) is 5.88 Å². The Kier molecular flexibility index (Phi) is 3.98. The summed E-state index contributed by atoms with van der Waals surface area (Å²) >= 11 is 3.31. The molecule has 1 aliphatic rings. The molecule has 16 heavy (non-hydrogen) atoms. The molecule has 0 spiro atoms. The summed E-state index contributed by atoms with van der Waals surface area (Å²) in [6.45, 7) is 0. The highest BCUT2D eigenvalue weighted by atomic mass is 79.9. The quantitative estimate of drug-likeness (QED) is 0.857. The summed E-state index contributed by atoms with van der Waals surface area (Å²) in [4.78, 5) is 8.30. The number of hydrogen-bond acceptors (Lipinski definition) is 4. The van der Waals surface area contributed by atoms with E-state index in [2.05, 4.69) is 25.9 Å². The molecule has 0 atom stereocenters. The minimum atomic E-state index is 0.264. The molecule has 0 amide bonds. The average Bonchev–Trinajstić information content (AvgIpc) is 2.33. The van der Waals surface area contributed by atoms with Crippen LogP contribution in [0.5, 0.6) is 11.9 Å². The van der Waals surface area contributed by atoms with Crippen LogP contribution in [0.4, 0.5) is 0 Å². The summed E-state index contributed by atoms with van der Waals surface area (Å²) in [7, 11) is 1.58. The number of rotatable bonds is 3. The van der Waals surface area contributed by atoms with Crippen LogP contribution in [-0.2, 0) is 0 Å². The maximum Gasteiger partial charge on any atom is 0.320 e. The predicted octanol–water partition coefficient (Wildman–Crippen LogP) is 2.96. The van der Waals surface area contributed by atoms with Crippen LogP contribution in [0.1, 0.15) is 32.1 Å². The summed E-state index contributed by atoms with van der Waals surface area (Å²) in [6.07, 6.45) is 7.90. The normalized spacial score (nSPS) is 17.1. The Labute approximate surface area is 104 Å². The molecule has 4 nitrogen and oxygen atoms in total. The van der Waals surface area contributed by atoms with Crippen molar-refractivity contribution in [2.24, 2.45) is 0 Å². The van der Waals surface area contributed by atoms with Crippen LogP contribution in [0.2, 0.25) is 0 Å². The van der Waals surface area contributed by atoms with Gasteiger partial charge in [-0.1, -0.05) is 6.42 Å². The van der Waals surface area contributed by atoms with E-state index in [0.29, 0.717) is 11.9 Å². The molecule has 1 fully saturated rings. The van der Waals surface area contributed by atoms with E-state index in [-0.39, 0.29) is 6.10 Å². The van der Waals surface area contributed by atoms with E-state index in [1.54, 1.807) is 13.3 Å². The molecular weight excluding hydrogens is 272 g/mol. The molecule has 1 aromatic rings. The lowest BCUT2D eigenvalue weighted by atomic mass is 9.98. The topological polar surface area (TPSA) is 44.2 Å². The zero-order valence-electron chi connectivity index (χ0n) is 9.28. The summed E-state index contributed by atoms with van der Waals surface area (Å²) in [6, 6.07) is 0.409. The Morgan fingerprint density at radius 3 is 2.75 bits per heavy atom. The molecule has 1 aliphatic carbocycles. The van der Waals surface area contributed by atoms with Crippen molar-refractivity contribution in [2.45, 2.75) is 38.2 Å². The van der Waals surface area contributed by atoms with Gasteiger partial charge in [-0.15, -0.1) is 0 Å². The van der Waals surface area contributed by atoms with Crippen molar-refractivity contribution in [3.63, 3.8) is 0 Å². The van der Waals surface area contributed by atoms with Crippen molar-refractivity contribution in [3.05, 3.63) is 10.7 Å². The van der Waals surface area contributed by atoms with Crippen LogP contribution in [0.15, 0.2) is 10.7 Å². The Balaban J connectivity index is 2.03. The molecule has 1 saturated carbocycles. The van der Waals surface area contributed by atoms with E-state index < -0.39 is 0 Å². The Morgan fingerprint density at radius 2 is 2.06 bits per heavy atom. The number of ether oxygens (including phenoxy) is 2. The number of methoxy groups -OCH3 is 1. The van der Waals surface area contributed by atoms with Crippen LogP contribution < -0.4 is 9.47 Å². The van der Waals surface area contributed by atoms with Crippen molar-refractivity contribution in [1.82, 2.24) is 9.97 Å². The van der Waals surface area contributed by atoms with E-state index in [1.165, 1.54) is 19.3 Å². The number of halogens is 1. The first kappa shape index (κ1) is 11.6. The first-order valence-corrected chi connectivity index (χ1v) is 6.32. The Hall–Kier alpha value is -0.840. The largest absolute Gasteiger partial charge is 0.480 e. The maximum absolute atomic E-state index is 5.73. The van der Waals surface area contributed by atoms with E-state index in [4.69, 9.17) is 9.47 Å². The lowest BCUT2D eigenvalue weighted by Gasteiger charge is -2.21. The maximum atomic E-state index is 5.73. The fourth-order valence-electron chi connectivity index (χ4n) is 1.87. The Bertz CT molecular complexity index is 354. The molecule has 0 N–H and O–H groups in total. The van der Waals surface area contributed by atoms with Crippen molar-refractivity contribution in [2.75, 3.05) is 7.11 Å². The fraction of sp³-hybridized carbons (Fsp3) is 0.636. The van der Waals surface area contributed by atoms with Crippen LogP contribution in [0.3, 0.4) is 0 Å². The third-order valence-electron chi connectivity index (χ3n) is 2.71. The monoisotopic (exact) mass is 286 g/mol. The second kappa shape index (κ2) is 5.48. The van der Waals surface area contributed by atoms with E-state index in [1.807, 2.05) is 0 Å². The fourth-order valence-corrected chi connectivity index (χ4v) is 2.22. The summed E-state index contributed by atoms with van der Waals surface area (Å²) < 4.78 is 11.6. The summed E-state index contributed by atoms with van der Waals surface area (Å²) in [5.41, 5.74) is 0. The van der Waals surface area contributed by atoms with E-state index in [9.17, 15) is 0 Å². The highest BCUT2D eigenvalue weighted by Crippen LogP contribution is 2.25. The number of nitrogens with zero attached hydrogens (tertiary/aromatic N) is 2. The molecule has 0 aromatic carbocycles. The van der Waals surface area contributed by atoms with Crippen molar-refractivity contribution in [3.8, 4) is 11.9 Å². The number of aromatic nitrogens is 2. The van der Waals surface area contributed by atoms with Gasteiger partial charge in [0.25, 0.3) is 0 Å². The lowest BCUT2D eigenvalue weighted by molar-refractivity contribution is 0.140. The van der Waals surface area contributed by atoms with Crippen molar-refractivity contribution in [1.29, 1.82) is 0 Å². The Morgan fingerprint density at radius 1 is 1.31 bits per heavy atom. The molecule has 1 heterocycles. The molecule has 5 heteroatoms. The molecule has 88 valence electrons. The third kappa shape index (κ3) is 2.84. The molecule has 0 radical (unpaired) electrons. The van der Waals surface area contributed by atoms with Gasteiger partial charge >= 0.3 is 6.01 Å². The third-order valence-corrected chi connectivity index (χ3v) is 3.25. The first-order chi connectivity index (χ1) is 7.79. The standard InChI is InChI=1S/C11H15BrN2O2/c1-15-10-9(12)7-13-11(14-10)16-8-5-3-2-4-6-8/h7-8H,2-6H2,1H3. The highest BCUT2D eigenvalue weighted by molar-refractivity contribution is 9.10. The zero-order chi connectivity index (χ0) is 11.4. The van der Waals surface area contributed by atoms with Gasteiger partial charge in [-0.3, -0.25) is 0 Å². The molecule has 0 aliphatic heterocycles. The lowest BCUT2D eigenvalue weighted by Crippen LogP contribution is -2.20. The minimum absolute atomic E-state index is 0.264. The zero-order valence-corrected chi connectivity index (χ0v) is 10.9. The summed E-state index contributed by atoms with van der Waals surface area (Å²) in [5.74, 6) is 0.515. The smallest absolute Gasteiger partial charge is 0.320 e. The molecule has 0 saturated heterocycles.